The van der Waals surface area contributed by atoms with Crippen LogP contribution in [-0.4, -0.2) is 13.1 Å². The van der Waals surface area contributed by atoms with E-state index in [9.17, 15) is 0 Å². The lowest BCUT2D eigenvalue weighted by atomic mass is 10.1. The first-order valence-electron chi connectivity index (χ1n) is 6.99. The van der Waals surface area contributed by atoms with Gasteiger partial charge in [0.2, 0.25) is 0 Å². The van der Waals surface area contributed by atoms with E-state index < -0.39 is 0 Å². The highest BCUT2D eigenvalue weighted by molar-refractivity contribution is 9.10. The van der Waals surface area contributed by atoms with E-state index in [1.165, 1.54) is 20.9 Å². The van der Waals surface area contributed by atoms with Crippen molar-refractivity contribution in [3.8, 4) is 10.4 Å². The van der Waals surface area contributed by atoms with Crippen LogP contribution in [0, 0.1) is 0 Å². The minimum Gasteiger partial charge on any atom is -0.313 e. The quantitative estimate of drug-likeness (QED) is 0.717. The number of rotatable bonds is 6. The largest absolute Gasteiger partial charge is 0.313 e. The fraction of sp³-hybridized carbons (Fsp3) is 0.294. The van der Waals surface area contributed by atoms with Gasteiger partial charge in [0.1, 0.15) is 0 Å². The van der Waals surface area contributed by atoms with E-state index in [1.807, 2.05) is 11.3 Å². The first-order chi connectivity index (χ1) is 9.72. The zero-order valence-corrected chi connectivity index (χ0v) is 14.4. The van der Waals surface area contributed by atoms with E-state index in [4.69, 9.17) is 0 Å². The van der Waals surface area contributed by atoms with Crippen LogP contribution >= 0.6 is 27.3 Å². The molecule has 0 radical (unpaired) electrons. The van der Waals surface area contributed by atoms with Crippen molar-refractivity contribution in [1.82, 2.24) is 5.32 Å². The van der Waals surface area contributed by atoms with Crippen LogP contribution in [0.25, 0.3) is 16.5 Å². The zero-order valence-electron chi connectivity index (χ0n) is 11.9. The summed E-state index contributed by atoms with van der Waals surface area (Å²) in [7, 11) is 0. The van der Waals surface area contributed by atoms with Crippen LogP contribution in [0.5, 0.6) is 0 Å². The molecule has 0 atom stereocenters. The first-order valence-corrected chi connectivity index (χ1v) is 8.59. The van der Waals surface area contributed by atoms with Gasteiger partial charge in [0.05, 0.1) is 0 Å². The Labute approximate surface area is 133 Å². The molecule has 3 heteroatoms. The summed E-state index contributed by atoms with van der Waals surface area (Å²) in [5.74, 6) is 0. The van der Waals surface area contributed by atoms with Crippen molar-refractivity contribution >= 4 is 33.3 Å². The van der Waals surface area contributed by atoms with Crippen molar-refractivity contribution in [3.63, 3.8) is 0 Å². The number of halogens is 1. The van der Waals surface area contributed by atoms with Gasteiger partial charge in [-0.15, -0.1) is 11.3 Å². The number of nitrogens with one attached hydrogen (secondary N) is 1. The van der Waals surface area contributed by atoms with Gasteiger partial charge in [0.15, 0.2) is 0 Å². The van der Waals surface area contributed by atoms with Gasteiger partial charge in [-0.05, 0) is 48.9 Å². The van der Waals surface area contributed by atoms with Gasteiger partial charge in [-0.1, -0.05) is 47.5 Å². The van der Waals surface area contributed by atoms with Gasteiger partial charge < -0.3 is 5.32 Å². The number of likely N-dealkylation sites (N-methyl/N-ethyl adjacent to an activating group) is 1. The average Bonchev–Trinajstić information content (AvgIpc) is 2.92. The molecule has 1 nitrogen and oxygen atoms in total. The third-order valence-electron chi connectivity index (χ3n) is 3.16. The highest BCUT2D eigenvalue weighted by Gasteiger charge is 2.02. The third kappa shape index (κ3) is 4.30. The Hall–Kier alpha value is -0.900. The van der Waals surface area contributed by atoms with Crippen LogP contribution in [0.3, 0.4) is 0 Å². The van der Waals surface area contributed by atoms with E-state index in [1.54, 1.807) is 0 Å². The minimum absolute atomic E-state index is 0.985. The SMILES string of the molecule is CCNCC(=Cc1ccc(-c2ccc(Br)cc2)s1)CC. The molecule has 0 amide bonds. The van der Waals surface area contributed by atoms with E-state index in [2.05, 4.69) is 77.6 Å². The fourth-order valence-corrected chi connectivity index (χ4v) is 3.23. The van der Waals surface area contributed by atoms with Gasteiger partial charge in [0, 0.05) is 20.8 Å². The molecule has 0 saturated heterocycles. The summed E-state index contributed by atoms with van der Waals surface area (Å²) in [5.41, 5.74) is 2.73. The summed E-state index contributed by atoms with van der Waals surface area (Å²) < 4.78 is 1.12. The van der Waals surface area contributed by atoms with Crippen LogP contribution in [0.15, 0.2) is 46.4 Å². The number of benzene rings is 1. The van der Waals surface area contributed by atoms with Crippen LogP contribution in [0.2, 0.25) is 0 Å². The molecule has 1 N–H and O–H groups in total. The molecule has 0 aliphatic rings. The molecular formula is C17H20BrNS. The van der Waals surface area contributed by atoms with Gasteiger partial charge in [-0.25, -0.2) is 0 Å². The monoisotopic (exact) mass is 349 g/mol. The molecule has 1 aromatic carbocycles. The number of hydrogen-bond acceptors (Lipinski definition) is 2. The Morgan fingerprint density at radius 2 is 1.90 bits per heavy atom. The topological polar surface area (TPSA) is 12.0 Å². The molecule has 1 heterocycles. The predicted molar refractivity (Wildman–Crippen MR) is 94.3 cm³/mol. The van der Waals surface area contributed by atoms with E-state index in [0.717, 1.165) is 24.0 Å². The molecule has 0 unspecified atom stereocenters. The summed E-state index contributed by atoms with van der Waals surface area (Å²) in [4.78, 5) is 2.65. The van der Waals surface area contributed by atoms with Crippen molar-refractivity contribution in [1.29, 1.82) is 0 Å². The summed E-state index contributed by atoms with van der Waals surface area (Å²) in [6.07, 6.45) is 3.41. The Morgan fingerprint density at radius 3 is 2.55 bits per heavy atom. The van der Waals surface area contributed by atoms with Crippen LogP contribution in [0.4, 0.5) is 0 Å². The maximum atomic E-state index is 3.48. The molecule has 20 heavy (non-hydrogen) atoms. The van der Waals surface area contributed by atoms with E-state index >= 15 is 0 Å². The standard InChI is InChI=1S/C17H20BrNS/c1-3-13(12-19-4-2)11-16-9-10-17(20-16)14-5-7-15(18)8-6-14/h5-11,19H,3-4,12H2,1-2H3. The molecule has 2 rings (SSSR count). The molecule has 106 valence electrons. The molecule has 0 aliphatic carbocycles. The maximum Gasteiger partial charge on any atom is 0.0349 e. The van der Waals surface area contributed by atoms with Gasteiger partial charge in [-0.3, -0.25) is 0 Å². The average molecular weight is 350 g/mol. The summed E-state index contributed by atoms with van der Waals surface area (Å²) in [6, 6.07) is 12.9. The lowest BCUT2D eigenvalue weighted by molar-refractivity contribution is 0.762. The highest BCUT2D eigenvalue weighted by Crippen LogP contribution is 2.30. The summed E-state index contributed by atoms with van der Waals surface area (Å²) >= 11 is 5.33. The molecule has 1 aromatic heterocycles. The lowest BCUT2D eigenvalue weighted by Crippen LogP contribution is -2.15. The summed E-state index contributed by atoms with van der Waals surface area (Å²) in [5, 5.41) is 3.40. The van der Waals surface area contributed by atoms with Crippen molar-refractivity contribution < 1.29 is 0 Å². The zero-order chi connectivity index (χ0) is 14.4. The second-order valence-electron chi connectivity index (χ2n) is 4.65. The van der Waals surface area contributed by atoms with Crippen molar-refractivity contribution in [2.24, 2.45) is 0 Å². The predicted octanol–water partition coefficient (Wildman–Crippen LogP) is 5.58. The molecular weight excluding hydrogens is 330 g/mol. The van der Waals surface area contributed by atoms with Crippen molar-refractivity contribution in [2.45, 2.75) is 20.3 Å². The highest BCUT2D eigenvalue weighted by atomic mass is 79.9. The Kier molecular flexibility index (Phi) is 6.02. The summed E-state index contributed by atoms with van der Waals surface area (Å²) in [6.45, 7) is 6.36. The third-order valence-corrected chi connectivity index (χ3v) is 4.77. The molecule has 0 bridgehead atoms. The number of hydrogen-bond donors (Lipinski definition) is 1. The van der Waals surface area contributed by atoms with E-state index in [0.29, 0.717) is 0 Å². The lowest BCUT2D eigenvalue weighted by Gasteiger charge is -2.04. The first kappa shape index (κ1) is 15.5. The minimum atomic E-state index is 0.985. The van der Waals surface area contributed by atoms with Crippen molar-refractivity contribution in [3.05, 3.63) is 51.3 Å². The Bertz CT molecular complexity index is 569. The fourth-order valence-electron chi connectivity index (χ4n) is 1.96. The molecule has 2 aromatic rings. The number of thiophene rings is 1. The maximum absolute atomic E-state index is 3.48. The van der Waals surface area contributed by atoms with Gasteiger partial charge in [0.25, 0.3) is 0 Å². The Morgan fingerprint density at radius 1 is 1.15 bits per heavy atom. The molecule has 0 aliphatic heterocycles. The van der Waals surface area contributed by atoms with Gasteiger partial charge >= 0.3 is 0 Å². The Balaban J connectivity index is 2.15. The molecule has 0 spiro atoms. The van der Waals surface area contributed by atoms with E-state index in [-0.39, 0.29) is 0 Å². The smallest absolute Gasteiger partial charge is 0.0349 e. The van der Waals surface area contributed by atoms with Crippen LogP contribution < -0.4 is 5.32 Å². The molecule has 0 saturated carbocycles. The molecule has 0 fully saturated rings. The second-order valence-corrected chi connectivity index (χ2v) is 6.68. The second kappa shape index (κ2) is 7.77. The normalized spacial score (nSPS) is 11.8. The van der Waals surface area contributed by atoms with Gasteiger partial charge in [-0.2, -0.15) is 0 Å². The van der Waals surface area contributed by atoms with Crippen LogP contribution in [0.1, 0.15) is 25.1 Å². The van der Waals surface area contributed by atoms with Crippen molar-refractivity contribution in [2.75, 3.05) is 13.1 Å². The van der Waals surface area contributed by atoms with Crippen LogP contribution in [-0.2, 0) is 0 Å².